The van der Waals surface area contributed by atoms with Gasteiger partial charge in [-0.15, -0.1) is 12.4 Å². The molecule has 10 heteroatoms. The maximum Gasteiger partial charge on any atom is 0.198 e. The van der Waals surface area contributed by atoms with Crippen molar-refractivity contribution in [3.63, 3.8) is 0 Å². The smallest absolute Gasteiger partial charge is 0.198 e. The highest BCUT2D eigenvalue weighted by Crippen LogP contribution is 2.42. The SMILES string of the molecule is Cl.Nc1ccccc1.O=C1CCC(=O)c2c1c(O)c1ccccc1c2O.O=C1c2ccccc2C(=O)c2c(O)ccc(O)c21. The molecule has 2 aliphatic carbocycles. The molecule has 5 aromatic carbocycles. The molecule has 0 spiro atoms. The average molecular weight is 612 g/mol. The van der Waals surface area contributed by atoms with Crippen LogP contribution in [-0.4, -0.2) is 43.6 Å². The summed E-state index contributed by atoms with van der Waals surface area (Å²) in [6.07, 6.45) is 0.161. The van der Waals surface area contributed by atoms with Gasteiger partial charge in [0, 0.05) is 40.4 Å². The number of nitrogen functional groups attached to an aromatic ring is 1. The van der Waals surface area contributed by atoms with Crippen molar-refractivity contribution in [1.82, 2.24) is 0 Å². The lowest BCUT2D eigenvalue weighted by Crippen LogP contribution is -2.20. The number of Topliss-reactive ketones (excluding diaryl/α,β-unsaturated/α-hetero) is 2. The van der Waals surface area contributed by atoms with Gasteiger partial charge in [0.15, 0.2) is 23.1 Å². The van der Waals surface area contributed by atoms with Gasteiger partial charge < -0.3 is 26.2 Å². The molecule has 0 saturated heterocycles. The maximum absolute atomic E-state index is 12.2. The topological polar surface area (TPSA) is 175 Å². The molecule has 44 heavy (non-hydrogen) atoms. The van der Waals surface area contributed by atoms with Gasteiger partial charge in [-0.3, -0.25) is 19.2 Å². The van der Waals surface area contributed by atoms with E-state index in [2.05, 4.69) is 0 Å². The number of benzene rings is 5. The summed E-state index contributed by atoms with van der Waals surface area (Å²) in [6.45, 7) is 0. The molecule has 0 bridgehead atoms. The highest BCUT2D eigenvalue weighted by molar-refractivity contribution is 6.30. The van der Waals surface area contributed by atoms with Crippen molar-refractivity contribution in [2.45, 2.75) is 12.8 Å². The minimum atomic E-state index is -0.450. The number of phenolic OH excluding ortho intramolecular Hbond substituents is 4. The third-order valence-electron chi connectivity index (χ3n) is 7.13. The zero-order chi connectivity index (χ0) is 30.8. The first-order valence-electron chi connectivity index (χ1n) is 13.2. The first kappa shape index (κ1) is 31.3. The highest BCUT2D eigenvalue weighted by Gasteiger charge is 2.34. The molecule has 7 rings (SSSR count). The van der Waals surface area contributed by atoms with Crippen LogP contribution in [0.1, 0.15) is 65.4 Å². The summed E-state index contributed by atoms with van der Waals surface area (Å²) in [7, 11) is 0. The Morgan fingerprint density at radius 2 is 0.841 bits per heavy atom. The van der Waals surface area contributed by atoms with Crippen LogP contribution in [0.2, 0.25) is 0 Å². The Morgan fingerprint density at radius 3 is 1.20 bits per heavy atom. The Bertz CT molecular complexity index is 1830. The van der Waals surface area contributed by atoms with Crippen molar-refractivity contribution in [3.05, 3.63) is 124 Å². The molecule has 0 heterocycles. The zero-order valence-corrected chi connectivity index (χ0v) is 23.8. The zero-order valence-electron chi connectivity index (χ0n) is 23.0. The fourth-order valence-corrected chi connectivity index (χ4v) is 5.06. The predicted molar refractivity (Wildman–Crippen MR) is 166 cm³/mol. The van der Waals surface area contributed by atoms with Crippen LogP contribution in [-0.2, 0) is 0 Å². The Kier molecular flexibility index (Phi) is 9.01. The average Bonchev–Trinajstić information content (AvgIpc) is 3.02. The largest absolute Gasteiger partial charge is 0.507 e. The first-order chi connectivity index (χ1) is 20.6. The number of hydrogen-bond acceptors (Lipinski definition) is 9. The molecule has 2 aliphatic rings. The van der Waals surface area contributed by atoms with E-state index in [9.17, 15) is 39.6 Å². The van der Waals surface area contributed by atoms with E-state index in [1.165, 1.54) is 24.3 Å². The number of hydrogen-bond donors (Lipinski definition) is 5. The number of fused-ring (bicyclic) bond motifs is 4. The van der Waals surface area contributed by atoms with E-state index >= 15 is 0 Å². The quantitative estimate of drug-likeness (QED) is 0.102. The molecule has 0 amide bonds. The normalized spacial score (nSPS) is 12.8. The minimum absolute atomic E-state index is 0. The number of ketones is 4. The standard InChI is InChI=1S/C14H10O4.C14H8O4.C6H7N.ClH/c2*15-9-5-6-10(16)12-11(9)13(17)7-3-1-2-4-8(7)14(12)18;7-6-4-2-1-3-5-6;/h1-4,17-18H,5-6H2;1-6,15-16H;1-5H,7H2;1H. The molecule has 0 unspecified atom stereocenters. The summed E-state index contributed by atoms with van der Waals surface area (Å²) in [5.41, 5.74) is 6.34. The van der Waals surface area contributed by atoms with Crippen LogP contribution in [0.25, 0.3) is 10.8 Å². The van der Waals surface area contributed by atoms with Crippen LogP contribution < -0.4 is 5.73 Å². The molecule has 0 radical (unpaired) electrons. The summed E-state index contributed by atoms with van der Waals surface area (Å²) < 4.78 is 0. The number of carbonyl (C=O) groups is 4. The Balaban J connectivity index is 0.000000162. The summed E-state index contributed by atoms with van der Waals surface area (Å²) in [6, 6.07) is 24.9. The van der Waals surface area contributed by atoms with E-state index in [-0.39, 0.29) is 93.2 Å². The van der Waals surface area contributed by atoms with Gasteiger partial charge >= 0.3 is 0 Å². The Morgan fingerprint density at radius 1 is 0.477 bits per heavy atom. The number of rotatable bonds is 0. The van der Waals surface area contributed by atoms with Crippen molar-refractivity contribution in [3.8, 4) is 23.0 Å². The van der Waals surface area contributed by atoms with Gasteiger partial charge in [0.1, 0.15) is 23.0 Å². The molecule has 9 nitrogen and oxygen atoms in total. The van der Waals surface area contributed by atoms with Gasteiger partial charge in [-0.1, -0.05) is 66.7 Å². The van der Waals surface area contributed by atoms with Crippen molar-refractivity contribution in [2.75, 3.05) is 5.73 Å². The second-order valence-electron chi connectivity index (χ2n) is 9.81. The van der Waals surface area contributed by atoms with Gasteiger partial charge in [0.2, 0.25) is 0 Å². The van der Waals surface area contributed by atoms with E-state index < -0.39 is 11.6 Å². The summed E-state index contributed by atoms with van der Waals surface area (Å²) >= 11 is 0. The molecule has 5 aromatic rings. The number of aromatic hydroxyl groups is 4. The Hall–Kier alpha value is -5.67. The molecular formula is C34H26ClNO8. The van der Waals surface area contributed by atoms with Crippen LogP contribution in [0.5, 0.6) is 23.0 Å². The van der Waals surface area contributed by atoms with Crippen molar-refractivity contribution in [1.29, 1.82) is 0 Å². The summed E-state index contributed by atoms with van der Waals surface area (Å²) in [4.78, 5) is 48.1. The summed E-state index contributed by atoms with van der Waals surface area (Å²) in [5, 5.41) is 40.4. The second kappa shape index (κ2) is 12.7. The van der Waals surface area contributed by atoms with Gasteiger partial charge in [0.05, 0.1) is 22.3 Å². The van der Waals surface area contributed by atoms with Crippen LogP contribution in [0.4, 0.5) is 5.69 Å². The van der Waals surface area contributed by atoms with E-state index in [1.807, 2.05) is 30.3 Å². The third kappa shape index (κ3) is 5.56. The molecule has 0 saturated carbocycles. The van der Waals surface area contributed by atoms with Gasteiger partial charge in [-0.25, -0.2) is 0 Å². The molecule has 6 N–H and O–H groups in total. The number of anilines is 1. The van der Waals surface area contributed by atoms with E-state index in [1.54, 1.807) is 36.4 Å². The molecule has 222 valence electrons. The summed E-state index contributed by atoms with van der Waals surface area (Å²) in [5.74, 6) is -2.52. The van der Waals surface area contributed by atoms with Gasteiger partial charge in [-0.05, 0) is 24.3 Å². The van der Waals surface area contributed by atoms with Crippen molar-refractivity contribution in [2.24, 2.45) is 0 Å². The fourth-order valence-electron chi connectivity index (χ4n) is 5.06. The van der Waals surface area contributed by atoms with Crippen LogP contribution in [0.15, 0.2) is 91.0 Å². The number of nitrogens with two attached hydrogens (primary N) is 1. The van der Waals surface area contributed by atoms with Gasteiger partial charge in [-0.2, -0.15) is 0 Å². The van der Waals surface area contributed by atoms with Crippen molar-refractivity contribution < 1.29 is 39.6 Å². The van der Waals surface area contributed by atoms with E-state index in [0.717, 1.165) is 5.69 Å². The molecular weight excluding hydrogens is 586 g/mol. The lowest BCUT2D eigenvalue weighted by Gasteiger charge is -2.18. The van der Waals surface area contributed by atoms with Crippen LogP contribution in [0, 0.1) is 0 Å². The number of carbonyl (C=O) groups excluding carboxylic acids is 4. The predicted octanol–water partition coefficient (Wildman–Crippen LogP) is 5.97. The first-order valence-corrected chi connectivity index (χ1v) is 13.2. The van der Waals surface area contributed by atoms with Crippen LogP contribution in [0.3, 0.4) is 0 Å². The van der Waals surface area contributed by atoms with Gasteiger partial charge in [0.25, 0.3) is 0 Å². The monoisotopic (exact) mass is 611 g/mol. The van der Waals surface area contributed by atoms with E-state index in [4.69, 9.17) is 5.73 Å². The Labute approximate surface area is 257 Å². The minimum Gasteiger partial charge on any atom is -0.507 e. The lowest BCUT2D eigenvalue weighted by atomic mass is 9.83. The lowest BCUT2D eigenvalue weighted by molar-refractivity contribution is 0.0885. The number of phenols is 4. The van der Waals surface area contributed by atoms with Crippen LogP contribution >= 0.6 is 12.4 Å². The van der Waals surface area contributed by atoms with Crippen molar-refractivity contribution >= 4 is 52.0 Å². The molecule has 0 atom stereocenters. The number of halogens is 1. The molecule has 0 fully saturated rings. The highest BCUT2D eigenvalue weighted by atomic mass is 35.5. The molecule has 0 aromatic heterocycles. The molecule has 0 aliphatic heterocycles. The third-order valence-corrected chi connectivity index (χ3v) is 7.13. The van der Waals surface area contributed by atoms with E-state index in [0.29, 0.717) is 10.8 Å². The maximum atomic E-state index is 12.2. The number of para-hydroxylation sites is 1. The second-order valence-corrected chi connectivity index (χ2v) is 9.81. The fraction of sp³-hybridized carbons (Fsp3) is 0.0588.